The number of piperazine rings is 1. The summed E-state index contributed by atoms with van der Waals surface area (Å²) in [6.07, 6.45) is 2.73. The van der Waals surface area contributed by atoms with E-state index in [-0.39, 0.29) is 0 Å². The van der Waals surface area contributed by atoms with Gasteiger partial charge >= 0.3 is 0 Å². The molecule has 0 unspecified atom stereocenters. The summed E-state index contributed by atoms with van der Waals surface area (Å²) >= 11 is 0. The number of likely N-dealkylation sites (tertiary alicyclic amines) is 1. The van der Waals surface area contributed by atoms with Crippen LogP contribution in [0.4, 0.5) is 0 Å². The molecule has 4 nitrogen and oxygen atoms in total. The van der Waals surface area contributed by atoms with E-state index in [1.165, 1.54) is 58.7 Å². The van der Waals surface area contributed by atoms with Crippen molar-refractivity contribution in [2.75, 3.05) is 58.9 Å². The van der Waals surface area contributed by atoms with E-state index in [4.69, 9.17) is 5.73 Å². The maximum atomic E-state index is 5.61. The first-order valence-electron chi connectivity index (χ1n) is 7.22. The lowest BCUT2D eigenvalue weighted by Gasteiger charge is -2.42. The van der Waals surface area contributed by atoms with E-state index in [0.717, 1.165) is 19.1 Å². The molecule has 2 rings (SSSR count). The SMILES string of the molecule is CCN1CCC(N2CCN(CCN)CC2)CC1. The lowest BCUT2D eigenvalue weighted by molar-refractivity contribution is 0.0616. The molecule has 2 N–H and O–H groups in total. The fraction of sp³-hybridized carbons (Fsp3) is 1.00. The standard InChI is InChI=1S/C13H28N4/c1-2-15-6-3-13(4-7-15)17-11-9-16(8-5-14)10-12-17/h13H,2-12,14H2,1H3. The highest BCUT2D eigenvalue weighted by Crippen LogP contribution is 2.17. The zero-order valence-electron chi connectivity index (χ0n) is 11.3. The molecule has 0 spiro atoms. The normalized spacial score (nSPS) is 26.5. The van der Waals surface area contributed by atoms with E-state index in [1.807, 2.05) is 0 Å². The molecule has 0 atom stereocenters. The maximum absolute atomic E-state index is 5.61. The van der Waals surface area contributed by atoms with Crippen molar-refractivity contribution in [1.82, 2.24) is 14.7 Å². The fourth-order valence-electron chi connectivity index (χ4n) is 3.14. The minimum atomic E-state index is 0.800. The highest BCUT2D eigenvalue weighted by molar-refractivity contribution is 4.83. The first-order chi connectivity index (χ1) is 8.33. The zero-order valence-corrected chi connectivity index (χ0v) is 11.3. The van der Waals surface area contributed by atoms with Crippen LogP contribution in [-0.4, -0.2) is 79.6 Å². The Morgan fingerprint density at radius 1 is 0.941 bits per heavy atom. The third-order valence-corrected chi connectivity index (χ3v) is 4.37. The Bertz CT molecular complexity index is 205. The van der Waals surface area contributed by atoms with Crippen molar-refractivity contribution in [2.45, 2.75) is 25.8 Å². The van der Waals surface area contributed by atoms with Gasteiger partial charge in [0.2, 0.25) is 0 Å². The molecule has 0 aliphatic carbocycles. The molecular formula is C13H28N4. The van der Waals surface area contributed by atoms with Crippen molar-refractivity contribution < 1.29 is 0 Å². The molecular weight excluding hydrogens is 212 g/mol. The van der Waals surface area contributed by atoms with Gasteiger partial charge in [-0.1, -0.05) is 6.92 Å². The highest BCUT2D eigenvalue weighted by atomic mass is 15.3. The van der Waals surface area contributed by atoms with Crippen LogP contribution in [0, 0.1) is 0 Å². The molecule has 0 aromatic rings. The summed E-state index contributed by atoms with van der Waals surface area (Å²) in [7, 11) is 0. The topological polar surface area (TPSA) is 35.7 Å². The van der Waals surface area contributed by atoms with E-state index in [1.54, 1.807) is 0 Å². The maximum Gasteiger partial charge on any atom is 0.0121 e. The molecule has 100 valence electrons. The highest BCUT2D eigenvalue weighted by Gasteiger charge is 2.26. The van der Waals surface area contributed by atoms with Crippen molar-refractivity contribution in [3.05, 3.63) is 0 Å². The summed E-state index contributed by atoms with van der Waals surface area (Å²) in [6.45, 7) is 12.9. The van der Waals surface area contributed by atoms with Crippen LogP contribution in [0.2, 0.25) is 0 Å². The van der Waals surface area contributed by atoms with Crippen LogP contribution in [0.1, 0.15) is 19.8 Å². The lowest BCUT2D eigenvalue weighted by atomic mass is 10.0. The molecule has 2 heterocycles. The van der Waals surface area contributed by atoms with E-state index < -0.39 is 0 Å². The predicted molar refractivity (Wildman–Crippen MR) is 72.2 cm³/mol. The smallest absolute Gasteiger partial charge is 0.0121 e. The summed E-state index contributed by atoms with van der Waals surface area (Å²) in [5, 5.41) is 0. The van der Waals surface area contributed by atoms with Gasteiger partial charge in [-0.15, -0.1) is 0 Å². The van der Waals surface area contributed by atoms with Crippen LogP contribution in [0.15, 0.2) is 0 Å². The Balaban J connectivity index is 1.70. The largest absolute Gasteiger partial charge is 0.329 e. The van der Waals surface area contributed by atoms with Crippen LogP contribution >= 0.6 is 0 Å². The first-order valence-corrected chi connectivity index (χ1v) is 7.22. The predicted octanol–water partition coefficient (Wildman–Crippen LogP) is 0.0470. The van der Waals surface area contributed by atoms with Gasteiger partial charge < -0.3 is 10.6 Å². The summed E-state index contributed by atoms with van der Waals surface area (Å²) in [5.41, 5.74) is 5.61. The second-order valence-corrected chi connectivity index (χ2v) is 5.33. The van der Waals surface area contributed by atoms with E-state index in [2.05, 4.69) is 21.6 Å². The Labute approximate surface area is 106 Å². The number of rotatable bonds is 4. The Hall–Kier alpha value is -0.160. The minimum absolute atomic E-state index is 0.800. The Kier molecular flexibility index (Phi) is 5.22. The molecule has 2 aliphatic heterocycles. The van der Waals surface area contributed by atoms with Crippen molar-refractivity contribution in [3.8, 4) is 0 Å². The summed E-state index contributed by atoms with van der Waals surface area (Å²) in [4.78, 5) is 7.78. The van der Waals surface area contributed by atoms with Crippen molar-refractivity contribution in [1.29, 1.82) is 0 Å². The zero-order chi connectivity index (χ0) is 12.1. The average molecular weight is 240 g/mol. The molecule has 0 amide bonds. The molecule has 2 saturated heterocycles. The van der Waals surface area contributed by atoms with E-state index >= 15 is 0 Å². The Morgan fingerprint density at radius 2 is 1.59 bits per heavy atom. The summed E-state index contributed by atoms with van der Waals surface area (Å²) < 4.78 is 0. The van der Waals surface area contributed by atoms with Crippen LogP contribution < -0.4 is 5.73 Å². The number of nitrogens with two attached hydrogens (primary N) is 1. The minimum Gasteiger partial charge on any atom is -0.329 e. The van der Waals surface area contributed by atoms with Gasteiger partial charge in [0.1, 0.15) is 0 Å². The van der Waals surface area contributed by atoms with Gasteiger partial charge in [-0.25, -0.2) is 0 Å². The molecule has 0 saturated carbocycles. The van der Waals surface area contributed by atoms with Crippen LogP contribution in [-0.2, 0) is 0 Å². The number of nitrogens with zero attached hydrogens (tertiary/aromatic N) is 3. The molecule has 0 aromatic carbocycles. The van der Waals surface area contributed by atoms with Gasteiger partial charge in [-0.05, 0) is 32.5 Å². The lowest BCUT2D eigenvalue weighted by Crippen LogP contribution is -2.53. The molecule has 2 aliphatic rings. The molecule has 0 aromatic heterocycles. The summed E-state index contributed by atoms with van der Waals surface area (Å²) in [5.74, 6) is 0. The fourth-order valence-corrected chi connectivity index (χ4v) is 3.14. The van der Waals surface area contributed by atoms with Gasteiger partial charge in [-0.2, -0.15) is 0 Å². The molecule has 0 radical (unpaired) electrons. The molecule has 4 heteroatoms. The molecule has 17 heavy (non-hydrogen) atoms. The number of piperidine rings is 1. The van der Waals surface area contributed by atoms with Crippen LogP contribution in [0.25, 0.3) is 0 Å². The van der Waals surface area contributed by atoms with Crippen molar-refractivity contribution in [2.24, 2.45) is 5.73 Å². The molecule has 2 fully saturated rings. The van der Waals surface area contributed by atoms with Gasteiger partial charge in [0.05, 0.1) is 0 Å². The van der Waals surface area contributed by atoms with Crippen LogP contribution in [0.3, 0.4) is 0 Å². The van der Waals surface area contributed by atoms with Gasteiger partial charge in [-0.3, -0.25) is 9.80 Å². The first kappa shape index (κ1) is 13.3. The summed E-state index contributed by atoms with van der Waals surface area (Å²) in [6, 6.07) is 0.845. The third-order valence-electron chi connectivity index (χ3n) is 4.37. The molecule has 0 bridgehead atoms. The van der Waals surface area contributed by atoms with Gasteiger partial charge in [0, 0.05) is 45.3 Å². The van der Waals surface area contributed by atoms with Gasteiger partial charge in [0.25, 0.3) is 0 Å². The second-order valence-electron chi connectivity index (χ2n) is 5.33. The Morgan fingerprint density at radius 3 is 2.12 bits per heavy atom. The average Bonchev–Trinajstić information content (AvgIpc) is 2.40. The van der Waals surface area contributed by atoms with E-state index in [9.17, 15) is 0 Å². The second kappa shape index (κ2) is 6.69. The quantitative estimate of drug-likeness (QED) is 0.753. The number of hydrogen-bond donors (Lipinski definition) is 1. The monoisotopic (exact) mass is 240 g/mol. The van der Waals surface area contributed by atoms with Crippen LogP contribution in [0.5, 0.6) is 0 Å². The van der Waals surface area contributed by atoms with Crippen molar-refractivity contribution in [3.63, 3.8) is 0 Å². The van der Waals surface area contributed by atoms with Gasteiger partial charge in [0.15, 0.2) is 0 Å². The van der Waals surface area contributed by atoms with E-state index in [0.29, 0.717) is 0 Å². The van der Waals surface area contributed by atoms with Crippen molar-refractivity contribution >= 4 is 0 Å². The number of hydrogen-bond acceptors (Lipinski definition) is 4. The third kappa shape index (κ3) is 3.65.